The van der Waals surface area contributed by atoms with Gasteiger partial charge in [-0.05, 0) is 62.4 Å². The van der Waals surface area contributed by atoms with Gasteiger partial charge in [0.15, 0.2) is 0 Å². The lowest BCUT2D eigenvalue weighted by Crippen LogP contribution is -2.29. The summed E-state index contributed by atoms with van der Waals surface area (Å²) in [6.45, 7) is 9.92. The van der Waals surface area contributed by atoms with Crippen molar-refractivity contribution >= 4 is 39.0 Å². The zero-order chi connectivity index (χ0) is 24.8. The molecule has 0 aliphatic heterocycles. The molecule has 2 heterocycles. The topological polar surface area (TPSA) is 89.5 Å². The number of nitrogens with zero attached hydrogens (tertiary/aromatic N) is 4. The predicted molar refractivity (Wildman–Crippen MR) is 138 cm³/mol. The second kappa shape index (κ2) is 8.68. The summed E-state index contributed by atoms with van der Waals surface area (Å²) in [4.78, 5) is 29.3. The van der Waals surface area contributed by atoms with E-state index in [0.29, 0.717) is 16.7 Å². The molecule has 2 aromatic heterocycles. The SMILES string of the molecule is Cc1cc(C=Nn2c(C(C)(C)C)nc3ccc(Br)cc3c2=O)c(C)n1-c1ccc(C(=O)O)cc1. The van der Waals surface area contributed by atoms with Crippen molar-refractivity contribution in [1.29, 1.82) is 0 Å². The molecule has 0 unspecified atom stereocenters. The van der Waals surface area contributed by atoms with Crippen molar-refractivity contribution in [2.75, 3.05) is 0 Å². The standard InChI is InChI=1S/C26H25BrN4O3/c1-15-12-18(16(2)30(15)20-9-6-17(7-10-20)24(33)34)14-28-31-23(32)21-13-19(27)8-11-22(21)29-25(31)26(3,4)5/h6-14H,1-5H3,(H,33,34). The van der Waals surface area contributed by atoms with Crippen molar-refractivity contribution in [2.24, 2.45) is 5.10 Å². The van der Waals surface area contributed by atoms with E-state index < -0.39 is 11.4 Å². The molecule has 0 amide bonds. The molecule has 0 saturated carbocycles. The number of aromatic nitrogens is 3. The van der Waals surface area contributed by atoms with Crippen molar-refractivity contribution in [1.82, 2.24) is 14.2 Å². The number of hydrogen-bond donors (Lipinski definition) is 1. The van der Waals surface area contributed by atoms with E-state index in [0.717, 1.165) is 27.1 Å². The molecule has 0 radical (unpaired) electrons. The summed E-state index contributed by atoms with van der Waals surface area (Å²) in [7, 11) is 0. The molecule has 0 spiro atoms. The lowest BCUT2D eigenvalue weighted by atomic mass is 9.95. The Hall–Kier alpha value is -3.52. The van der Waals surface area contributed by atoms with Crippen LogP contribution in [0.15, 0.2) is 62.9 Å². The summed E-state index contributed by atoms with van der Waals surface area (Å²) in [5.41, 5.74) is 3.82. The van der Waals surface area contributed by atoms with Crippen molar-refractivity contribution in [2.45, 2.75) is 40.0 Å². The van der Waals surface area contributed by atoms with Gasteiger partial charge in [-0.1, -0.05) is 36.7 Å². The normalized spacial score (nSPS) is 12.1. The number of carboxylic acids is 1. The highest BCUT2D eigenvalue weighted by molar-refractivity contribution is 9.10. The third kappa shape index (κ3) is 4.33. The monoisotopic (exact) mass is 520 g/mol. The van der Waals surface area contributed by atoms with Crippen molar-refractivity contribution in [3.63, 3.8) is 0 Å². The third-order valence-corrected chi connectivity index (χ3v) is 6.13. The molecule has 0 aliphatic rings. The minimum Gasteiger partial charge on any atom is -0.478 e. The second-order valence-electron chi connectivity index (χ2n) is 9.22. The van der Waals surface area contributed by atoms with E-state index in [1.807, 2.05) is 57.4 Å². The smallest absolute Gasteiger partial charge is 0.335 e. The lowest BCUT2D eigenvalue weighted by Gasteiger charge is -2.20. The van der Waals surface area contributed by atoms with Crippen LogP contribution in [-0.4, -0.2) is 31.5 Å². The Bertz CT molecular complexity index is 1510. The van der Waals surface area contributed by atoms with E-state index in [4.69, 9.17) is 10.1 Å². The van der Waals surface area contributed by atoms with Gasteiger partial charge in [-0.3, -0.25) is 4.79 Å². The summed E-state index contributed by atoms with van der Waals surface area (Å²) in [6, 6.07) is 14.2. The molecule has 1 N–H and O–H groups in total. The zero-order valence-corrected chi connectivity index (χ0v) is 21.2. The maximum Gasteiger partial charge on any atom is 0.335 e. The average Bonchev–Trinajstić information content (AvgIpc) is 3.05. The summed E-state index contributed by atoms with van der Waals surface area (Å²) >= 11 is 3.43. The van der Waals surface area contributed by atoms with Crippen LogP contribution in [-0.2, 0) is 5.41 Å². The first-order chi connectivity index (χ1) is 16.0. The lowest BCUT2D eigenvalue weighted by molar-refractivity contribution is 0.0697. The number of carbonyl (C=O) groups is 1. The number of rotatable bonds is 4. The summed E-state index contributed by atoms with van der Waals surface area (Å²) in [5, 5.41) is 14.2. The molecule has 34 heavy (non-hydrogen) atoms. The molecular weight excluding hydrogens is 496 g/mol. The van der Waals surface area contributed by atoms with E-state index in [1.165, 1.54) is 4.68 Å². The van der Waals surface area contributed by atoms with Crippen LogP contribution in [0.4, 0.5) is 0 Å². The maximum atomic E-state index is 13.4. The van der Waals surface area contributed by atoms with Crippen LogP contribution in [0.1, 0.15) is 53.9 Å². The number of carboxylic acid groups (broad SMARTS) is 1. The zero-order valence-electron chi connectivity index (χ0n) is 19.6. The highest BCUT2D eigenvalue weighted by Gasteiger charge is 2.23. The largest absolute Gasteiger partial charge is 0.478 e. The van der Waals surface area contributed by atoms with Gasteiger partial charge in [-0.25, -0.2) is 9.78 Å². The Morgan fingerprint density at radius 3 is 2.38 bits per heavy atom. The van der Waals surface area contributed by atoms with Crippen molar-refractivity contribution in [3.05, 3.63) is 91.7 Å². The predicted octanol–water partition coefficient (Wildman–Crippen LogP) is 5.44. The summed E-state index contributed by atoms with van der Waals surface area (Å²) in [6.07, 6.45) is 1.67. The first kappa shape index (κ1) is 23.6. The van der Waals surface area contributed by atoms with Crippen LogP contribution in [0.5, 0.6) is 0 Å². The summed E-state index contributed by atoms with van der Waals surface area (Å²) in [5.74, 6) is -0.391. The number of benzene rings is 2. The van der Waals surface area contributed by atoms with Gasteiger partial charge < -0.3 is 9.67 Å². The molecule has 4 aromatic rings. The number of fused-ring (bicyclic) bond motifs is 1. The molecule has 0 bridgehead atoms. The van der Waals surface area contributed by atoms with Crippen LogP contribution in [0, 0.1) is 13.8 Å². The van der Waals surface area contributed by atoms with Crippen LogP contribution in [0.3, 0.4) is 0 Å². The Kier molecular flexibility index (Phi) is 6.03. The average molecular weight is 521 g/mol. The van der Waals surface area contributed by atoms with Gasteiger partial charge >= 0.3 is 5.97 Å². The second-order valence-corrected chi connectivity index (χ2v) is 10.1. The van der Waals surface area contributed by atoms with Gasteiger partial charge in [0.1, 0.15) is 5.82 Å². The fourth-order valence-electron chi connectivity index (χ4n) is 3.93. The first-order valence-corrected chi connectivity index (χ1v) is 11.6. The molecule has 174 valence electrons. The highest BCUT2D eigenvalue weighted by atomic mass is 79.9. The molecule has 8 heteroatoms. The number of aryl methyl sites for hydroxylation is 1. The van der Waals surface area contributed by atoms with Crippen LogP contribution in [0.2, 0.25) is 0 Å². The molecule has 4 rings (SSSR count). The Morgan fingerprint density at radius 2 is 1.76 bits per heavy atom. The number of hydrogen-bond acceptors (Lipinski definition) is 4. The Morgan fingerprint density at radius 1 is 1.09 bits per heavy atom. The molecule has 0 fully saturated rings. The Balaban J connectivity index is 1.82. The molecule has 0 saturated heterocycles. The minimum absolute atomic E-state index is 0.231. The van der Waals surface area contributed by atoms with Crippen LogP contribution >= 0.6 is 15.9 Å². The Labute approximate surface area is 205 Å². The minimum atomic E-state index is -0.962. The van der Waals surface area contributed by atoms with Gasteiger partial charge in [0.05, 0.1) is 22.7 Å². The molecule has 2 aromatic carbocycles. The highest BCUT2D eigenvalue weighted by Crippen LogP contribution is 2.24. The van der Waals surface area contributed by atoms with Crippen LogP contribution in [0.25, 0.3) is 16.6 Å². The summed E-state index contributed by atoms with van der Waals surface area (Å²) < 4.78 is 4.20. The molecule has 0 atom stereocenters. The number of aromatic carboxylic acids is 1. The molecular formula is C26H25BrN4O3. The number of halogens is 1. The van der Waals surface area contributed by atoms with Gasteiger partial charge in [0.25, 0.3) is 5.56 Å². The van der Waals surface area contributed by atoms with Gasteiger partial charge in [-0.2, -0.15) is 9.78 Å². The van der Waals surface area contributed by atoms with E-state index in [1.54, 1.807) is 36.5 Å². The van der Waals surface area contributed by atoms with Gasteiger partial charge in [0, 0.05) is 32.5 Å². The maximum absolute atomic E-state index is 13.4. The van der Waals surface area contributed by atoms with Gasteiger partial charge in [0.2, 0.25) is 0 Å². The van der Waals surface area contributed by atoms with E-state index in [2.05, 4.69) is 21.0 Å². The molecule has 0 aliphatic carbocycles. The third-order valence-electron chi connectivity index (χ3n) is 5.63. The quantitative estimate of drug-likeness (QED) is 0.362. The van der Waals surface area contributed by atoms with E-state index in [9.17, 15) is 9.59 Å². The fraction of sp³-hybridized carbons (Fsp3) is 0.231. The molecule has 7 nitrogen and oxygen atoms in total. The van der Waals surface area contributed by atoms with E-state index in [-0.39, 0.29) is 11.1 Å². The first-order valence-electron chi connectivity index (χ1n) is 10.8. The van der Waals surface area contributed by atoms with Crippen molar-refractivity contribution in [3.8, 4) is 5.69 Å². The van der Waals surface area contributed by atoms with E-state index >= 15 is 0 Å². The van der Waals surface area contributed by atoms with Gasteiger partial charge in [-0.15, -0.1) is 0 Å². The van der Waals surface area contributed by atoms with Crippen molar-refractivity contribution < 1.29 is 9.90 Å². The fourth-order valence-corrected chi connectivity index (χ4v) is 4.29. The van der Waals surface area contributed by atoms with Crippen LogP contribution < -0.4 is 5.56 Å².